The minimum absolute atomic E-state index is 0.212. The number of carbonyl (C=O) groups excluding carboxylic acids is 1. The summed E-state index contributed by atoms with van der Waals surface area (Å²) >= 11 is 5.83. The van der Waals surface area contributed by atoms with Crippen molar-refractivity contribution in [3.8, 4) is 0 Å². The number of nitrogens with one attached hydrogen (secondary N) is 2. The van der Waals surface area contributed by atoms with E-state index < -0.39 is 0 Å². The molecule has 0 saturated carbocycles. The van der Waals surface area contributed by atoms with E-state index in [0.29, 0.717) is 29.4 Å². The summed E-state index contributed by atoms with van der Waals surface area (Å²) in [6, 6.07) is 4.90. The SMILES string of the molecule is COCCCNC(=O)c1cc(Cl)ccc1NN. The fraction of sp³-hybridized carbons (Fsp3) is 0.364. The predicted molar refractivity (Wildman–Crippen MR) is 68.1 cm³/mol. The van der Waals surface area contributed by atoms with Crippen LogP contribution in [-0.2, 0) is 4.74 Å². The first kappa shape index (κ1) is 13.8. The molecule has 4 N–H and O–H groups in total. The summed E-state index contributed by atoms with van der Waals surface area (Å²) in [7, 11) is 1.62. The molecular weight excluding hydrogens is 242 g/mol. The van der Waals surface area contributed by atoms with Crippen LogP contribution in [0, 0.1) is 0 Å². The summed E-state index contributed by atoms with van der Waals surface area (Å²) in [6.07, 6.45) is 0.758. The molecule has 1 aromatic carbocycles. The number of nitrogen functional groups attached to an aromatic ring is 1. The van der Waals surface area contributed by atoms with Gasteiger partial charge in [-0.2, -0.15) is 0 Å². The minimum Gasteiger partial charge on any atom is -0.385 e. The lowest BCUT2D eigenvalue weighted by Gasteiger charge is -2.09. The number of benzene rings is 1. The molecule has 0 aliphatic rings. The average Bonchev–Trinajstić information content (AvgIpc) is 2.34. The number of ether oxygens (including phenoxy) is 1. The van der Waals surface area contributed by atoms with Crippen molar-refractivity contribution in [3.63, 3.8) is 0 Å². The second-order valence-electron chi connectivity index (χ2n) is 3.44. The fourth-order valence-electron chi connectivity index (χ4n) is 1.34. The molecule has 17 heavy (non-hydrogen) atoms. The molecule has 0 bridgehead atoms. The van der Waals surface area contributed by atoms with Gasteiger partial charge in [-0.15, -0.1) is 0 Å². The van der Waals surface area contributed by atoms with Crippen LogP contribution >= 0.6 is 11.6 Å². The van der Waals surface area contributed by atoms with E-state index in [4.69, 9.17) is 22.2 Å². The molecule has 0 heterocycles. The number of amides is 1. The van der Waals surface area contributed by atoms with Gasteiger partial charge in [0.05, 0.1) is 11.3 Å². The highest BCUT2D eigenvalue weighted by atomic mass is 35.5. The summed E-state index contributed by atoms with van der Waals surface area (Å²) < 4.78 is 4.89. The molecule has 0 aliphatic heterocycles. The zero-order chi connectivity index (χ0) is 12.7. The Morgan fingerprint density at radius 1 is 1.53 bits per heavy atom. The van der Waals surface area contributed by atoms with Crippen molar-refractivity contribution < 1.29 is 9.53 Å². The number of methoxy groups -OCH3 is 1. The Morgan fingerprint density at radius 3 is 2.94 bits per heavy atom. The minimum atomic E-state index is -0.212. The van der Waals surface area contributed by atoms with Gasteiger partial charge in [-0.05, 0) is 24.6 Å². The largest absolute Gasteiger partial charge is 0.385 e. The molecule has 1 aromatic rings. The van der Waals surface area contributed by atoms with Gasteiger partial charge in [0.2, 0.25) is 0 Å². The van der Waals surface area contributed by atoms with E-state index in [0.717, 1.165) is 6.42 Å². The summed E-state index contributed by atoms with van der Waals surface area (Å²) in [5, 5.41) is 3.25. The zero-order valence-electron chi connectivity index (χ0n) is 9.63. The number of hydrogen-bond donors (Lipinski definition) is 3. The van der Waals surface area contributed by atoms with E-state index in [9.17, 15) is 4.79 Å². The van der Waals surface area contributed by atoms with Crippen LogP contribution in [0.25, 0.3) is 0 Å². The monoisotopic (exact) mass is 257 g/mol. The molecule has 0 unspecified atom stereocenters. The van der Waals surface area contributed by atoms with Crippen molar-refractivity contribution in [3.05, 3.63) is 28.8 Å². The second-order valence-corrected chi connectivity index (χ2v) is 3.87. The third kappa shape index (κ3) is 4.22. The molecule has 0 atom stereocenters. The van der Waals surface area contributed by atoms with Gasteiger partial charge in [0.1, 0.15) is 0 Å². The summed E-state index contributed by atoms with van der Waals surface area (Å²) in [4.78, 5) is 11.8. The molecule has 0 radical (unpaired) electrons. The maximum Gasteiger partial charge on any atom is 0.253 e. The molecule has 1 amide bonds. The third-order valence-electron chi connectivity index (χ3n) is 2.19. The lowest BCUT2D eigenvalue weighted by Crippen LogP contribution is -2.26. The molecule has 0 fully saturated rings. The van der Waals surface area contributed by atoms with E-state index in [-0.39, 0.29) is 5.91 Å². The average molecular weight is 258 g/mol. The molecule has 5 nitrogen and oxygen atoms in total. The van der Waals surface area contributed by atoms with Gasteiger partial charge in [-0.1, -0.05) is 11.6 Å². The molecule has 0 aromatic heterocycles. The van der Waals surface area contributed by atoms with Gasteiger partial charge >= 0.3 is 0 Å². The number of hydrazine groups is 1. The maximum absolute atomic E-state index is 11.8. The highest BCUT2D eigenvalue weighted by Gasteiger charge is 2.10. The number of rotatable bonds is 6. The Morgan fingerprint density at radius 2 is 2.29 bits per heavy atom. The summed E-state index contributed by atoms with van der Waals surface area (Å²) in [5.74, 6) is 5.11. The topological polar surface area (TPSA) is 76.4 Å². The van der Waals surface area contributed by atoms with Crippen LogP contribution in [0.3, 0.4) is 0 Å². The predicted octanol–water partition coefficient (Wildman–Crippen LogP) is 1.39. The molecule has 94 valence electrons. The molecular formula is C11H16ClN3O2. The summed E-state index contributed by atoms with van der Waals surface area (Å²) in [5.41, 5.74) is 3.43. The van der Waals surface area contributed by atoms with Gasteiger partial charge in [-0.3, -0.25) is 10.6 Å². The van der Waals surface area contributed by atoms with Crippen LogP contribution in [0.2, 0.25) is 5.02 Å². The Bertz CT molecular complexity index is 385. The van der Waals surface area contributed by atoms with Gasteiger partial charge in [0.15, 0.2) is 0 Å². The van der Waals surface area contributed by atoms with Crippen LogP contribution in [0.5, 0.6) is 0 Å². The van der Waals surface area contributed by atoms with Crippen molar-refractivity contribution in [2.24, 2.45) is 5.84 Å². The van der Waals surface area contributed by atoms with E-state index in [2.05, 4.69) is 10.7 Å². The smallest absolute Gasteiger partial charge is 0.253 e. The van der Waals surface area contributed by atoms with E-state index in [1.165, 1.54) is 0 Å². The van der Waals surface area contributed by atoms with Crippen molar-refractivity contribution >= 4 is 23.2 Å². The Labute approximate surface area is 105 Å². The first-order valence-electron chi connectivity index (χ1n) is 5.22. The van der Waals surface area contributed by atoms with Crippen molar-refractivity contribution in [1.82, 2.24) is 5.32 Å². The lowest BCUT2D eigenvalue weighted by molar-refractivity contribution is 0.0949. The van der Waals surface area contributed by atoms with Gasteiger partial charge in [0.25, 0.3) is 5.91 Å². The Kier molecular flexibility index (Phi) is 5.76. The van der Waals surface area contributed by atoms with Crippen molar-refractivity contribution in [1.29, 1.82) is 0 Å². The molecule has 0 saturated heterocycles. The molecule has 0 aliphatic carbocycles. The maximum atomic E-state index is 11.8. The van der Waals surface area contributed by atoms with Crippen LogP contribution in [0.1, 0.15) is 16.8 Å². The molecule has 1 rings (SSSR count). The number of carbonyl (C=O) groups is 1. The fourth-order valence-corrected chi connectivity index (χ4v) is 1.52. The number of anilines is 1. The standard InChI is InChI=1S/C11H16ClN3O2/c1-17-6-2-5-14-11(16)9-7-8(12)3-4-10(9)15-13/h3-4,7,15H,2,5-6,13H2,1H3,(H,14,16). The third-order valence-corrected chi connectivity index (χ3v) is 2.43. The highest BCUT2D eigenvalue weighted by Crippen LogP contribution is 2.19. The first-order chi connectivity index (χ1) is 8.19. The molecule has 6 heteroatoms. The van der Waals surface area contributed by atoms with E-state index >= 15 is 0 Å². The van der Waals surface area contributed by atoms with Crippen molar-refractivity contribution in [2.45, 2.75) is 6.42 Å². The van der Waals surface area contributed by atoms with Gasteiger partial charge in [0, 0.05) is 25.3 Å². The number of halogens is 1. The summed E-state index contributed by atoms with van der Waals surface area (Å²) in [6.45, 7) is 1.15. The molecule has 0 spiro atoms. The van der Waals surface area contributed by atoms with E-state index in [1.54, 1.807) is 25.3 Å². The normalized spacial score (nSPS) is 10.1. The second kappa shape index (κ2) is 7.11. The lowest BCUT2D eigenvalue weighted by atomic mass is 10.1. The number of nitrogens with two attached hydrogens (primary N) is 1. The zero-order valence-corrected chi connectivity index (χ0v) is 10.4. The Balaban J connectivity index is 2.64. The quantitative estimate of drug-likeness (QED) is 0.409. The van der Waals surface area contributed by atoms with Crippen molar-refractivity contribution in [2.75, 3.05) is 25.7 Å². The first-order valence-corrected chi connectivity index (χ1v) is 5.60. The van der Waals surface area contributed by atoms with E-state index in [1.807, 2.05) is 0 Å². The van der Waals surface area contributed by atoms with Crippen LogP contribution in [0.4, 0.5) is 5.69 Å². The van der Waals surface area contributed by atoms with Gasteiger partial charge < -0.3 is 15.5 Å². The van der Waals surface area contributed by atoms with Gasteiger partial charge in [-0.25, -0.2) is 0 Å². The Hall–Kier alpha value is -1.30. The highest BCUT2D eigenvalue weighted by molar-refractivity contribution is 6.31. The van der Waals surface area contributed by atoms with Crippen LogP contribution in [0.15, 0.2) is 18.2 Å². The number of hydrogen-bond acceptors (Lipinski definition) is 4. The van der Waals surface area contributed by atoms with Crippen LogP contribution in [-0.4, -0.2) is 26.2 Å². The van der Waals surface area contributed by atoms with Crippen LogP contribution < -0.4 is 16.6 Å².